The van der Waals surface area contributed by atoms with E-state index >= 15 is 0 Å². The number of hydrogen-bond acceptors (Lipinski definition) is 8. The van der Waals surface area contributed by atoms with Gasteiger partial charge in [-0.1, -0.05) is 26.8 Å². The van der Waals surface area contributed by atoms with Crippen LogP contribution in [0.5, 0.6) is 29.5 Å². The lowest BCUT2D eigenvalue weighted by atomic mass is 9.86. The minimum absolute atomic E-state index is 0.0505. The Balaban J connectivity index is 1.53. The van der Waals surface area contributed by atoms with Crippen LogP contribution in [-0.2, 0) is 11.8 Å². The number of amides is 1. The fraction of sp³-hybridized carbons (Fsp3) is 0.423. The number of methoxy groups -OCH3 is 2. The van der Waals surface area contributed by atoms with Crippen LogP contribution in [0, 0.1) is 6.92 Å². The molecule has 4 rings (SSSR count). The monoisotopic (exact) mass is 481 g/mol. The zero-order valence-corrected chi connectivity index (χ0v) is 21.0. The maximum atomic E-state index is 12.9. The van der Waals surface area contributed by atoms with E-state index in [-0.39, 0.29) is 40.6 Å². The fourth-order valence-electron chi connectivity index (χ4n) is 4.12. The Kier molecular flexibility index (Phi) is 6.86. The predicted molar refractivity (Wildman–Crippen MR) is 130 cm³/mol. The second kappa shape index (κ2) is 9.85. The molecule has 0 bridgehead atoms. The largest absolute Gasteiger partial charge is 0.479 e. The summed E-state index contributed by atoms with van der Waals surface area (Å²) in [6.07, 6.45) is 2.97. The second-order valence-corrected chi connectivity index (χ2v) is 9.08. The van der Waals surface area contributed by atoms with E-state index in [9.17, 15) is 4.79 Å². The van der Waals surface area contributed by atoms with Gasteiger partial charge < -0.3 is 28.7 Å². The van der Waals surface area contributed by atoms with Crippen molar-refractivity contribution in [2.24, 2.45) is 0 Å². The lowest BCUT2D eigenvalue weighted by Crippen LogP contribution is -2.14. The van der Waals surface area contributed by atoms with Crippen LogP contribution in [0.4, 0.5) is 5.69 Å². The highest BCUT2D eigenvalue weighted by Crippen LogP contribution is 2.42. The molecule has 0 radical (unpaired) electrons. The standard InChI is InChI=1S/C26H31N3O6/c1-7-12-33-25-28-23(31-5)21(24(29-25)32-6)27-22(30)18-8-9-20(34-18)35-19-14-17-16(13-15(19)2)10-11-26(17,3)4/h8-9,13-14H,7,10-12H2,1-6H3,(H,27,30). The first-order valence-electron chi connectivity index (χ1n) is 11.6. The number of carbonyl (C=O) groups is 1. The van der Waals surface area contributed by atoms with E-state index in [4.69, 9.17) is 23.4 Å². The van der Waals surface area contributed by atoms with Crippen LogP contribution in [0.15, 0.2) is 28.7 Å². The van der Waals surface area contributed by atoms with Gasteiger partial charge in [0.15, 0.2) is 11.4 Å². The van der Waals surface area contributed by atoms with Gasteiger partial charge in [-0.05, 0) is 60.4 Å². The van der Waals surface area contributed by atoms with Crippen LogP contribution in [0.1, 0.15) is 60.9 Å². The van der Waals surface area contributed by atoms with E-state index in [0.717, 1.165) is 24.8 Å². The number of aryl methyl sites for hydroxylation is 2. The summed E-state index contributed by atoms with van der Waals surface area (Å²) < 4.78 is 27.8. The Bertz CT molecular complexity index is 1210. The summed E-state index contributed by atoms with van der Waals surface area (Å²) in [5, 5.41) is 2.70. The number of hydrogen-bond donors (Lipinski definition) is 1. The molecule has 1 N–H and O–H groups in total. The minimum atomic E-state index is -0.533. The molecule has 0 spiro atoms. The zero-order chi connectivity index (χ0) is 25.2. The van der Waals surface area contributed by atoms with Gasteiger partial charge in [0.25, 0.3) is 11.9 Å². The Hall–Kier alpha value is -3.75. The van der Waals surface area contributed by atoms with Gasteiger partial charge in [0.2, 0.25) is 11.8 Å². The summed E-state index contributed by atoms with van der Waals surface area (Å²) in [4.78, 5) is 21.3. The number of benzene rings is 1. The van der Waals surface area contributed by atoms with Crippen LogP contribution in [0.3, 0.4) is 0 Å². The summed E-state index contributed by atoms with van der Waals surface area (Å²) >= 11 is 0. The van der Waals surface area contributed by atoms with Gasteiger partial charge in [-0.15, -0.1) is 0 Å². The molecule has 1 aliphatic rings. The average Bonchev–Trinajstić information content (AvgIpc) is 3.42. The van der Waals surface area contributed by atoms with Crippen LogP contribution in [-0.4, -0.2) is 36.7 Å². The van der Waals surface area contributed by atoms with E-state index in [1.807, 2.05) is 13.8 Å². The Morgan fingerprint density at radius 1 is 1.14 bits per heavy atom. The average molecular weight is 482 g/mol. The van der Waals surface area contributed by atoms with Gasteiger partial charge >= 0.3 is 6.01 Å². The number of nitrogens with zero attached hydrogens (tertiary/aromatic N) is 2. The molecule has 0 unspecified atom stereocenters. The smallest absolute Gasteiger partial charge is 0.323 e. The Labute approximate surface area is 204 Å². The van der Waals surface area contributed by atoms with Gasteiger partial charge in [-0.25, -0.2) is 0 Å². The molecule has 1 aromatic carbocycles. The molecule has 2 aromatic heterocycles. The number of rotatable bonds is 9. The third kappa shape index (κ3) is 5.03. The molecule has 35 heavy (non-hydrogen) atoms. The first kappa shape index (κ1) is 24.4. The third-order valence-corrected chi connectivity index (χ3v) is 6.05. The third-order valence-electron chi connectivity index (χ3n) is 6.05. The van der Waals surface area contributed by atoms with Crippen molar-refractivity contribution in [1.82, 2.24) is 9.97 Å². The van der Waals surface area contributed by atoms with Crippen molar-refractivity contribution in [3.8, 4) is 29.5 Å². The molecule has 9 heteroatoms. The lowest BCUT2D eigenvalue weighted by Gasteiger charge is -2.20. The first-order chi connectivity index (χ1) is 16.7. The van der Waals surface area contributed by atoms with Crippen LogP contribution < -0.4 is 24.3 Å². The molecule has 0 aliphatic heterocycles. The molecule has 186 valence electrons. The predicted octanol–water partition coefficient (Wildman–Crippen LogP) is 5.45. The van der Waals surface area contributed by atoms with Gasteiger partial charge in [0.1, 0.15) is 5.75 Å². The van der Waals surface area contributed by atoms with Crippen molar-refractivity contribution in [3.05, 3.63) is 46.7 Å². The molecule has 0 fully saturated rings. The minimum Gasteiger partial charge on any atom is -0.479 e. The van der Waals surface area contributed by atoms with E-state index in [2.05, 4.69) is 41.3 Å². The maximum absolute atomic E-state index is 12.9. The number of carbonyl (C=O) groups excluding carboxylic acids is 1. The topological polar surface area (TPSA) is 105 Å². The molecule has 3 aromatic rings. The summed E-state index contributed by atoms with van der Waals surface area (Å²) in [5.41, 5.74) is 3.93. The van der Waals surface area contributed by atoms with Crippen molar-refractivity contribution in [3.63, 3.8) is 0 Å². The van der Waals surface area contributed by atoms with E-state index in [1.165, 1.54) is 31.4 Å². The highest BCUT2D eigenvalue weighted by Gasteiger charge is 2.31. The molecule has 0 saturated carbocycles. The van der Waals surface area contributed by atoms with Crippen molar-refractivity contribution >= 4 is 11.6 Å². The summed E-state index contributed by atoms with van der Waals surface area (Å²) in [6.45, 7) is 8.89. The summed E-state index contributed by atoms with van der Waals surface area (Å²) in [6, 6.07) is 7.49. The molecule has 2 heterocycles. The van der Waals surface area contributed by atoms with Crippen molar-refractivity contribution in [1.29, 1.82) is 0 Å². The highest BCUT2D eigenvalue weighted by atomic mass is 16.6. The molecular weight excluding hydrogens is 450 g/mol. The number of nitrogens with one attached hydrogen (secondary N) is 1. The van der Waals surface area contributed by atoms with E-state index < -0.39 is 5.91 Å². The second-order valence-electron chi connectivity index (χ2n) is 9.08. The molecule has 1 aliphatic carbocycles. The Morgan fingerprint density at radius 3 is 2.51 bits per heavy atom. The quantitative estimate of drug-likeness (QED) is 0.430. The molecule has 9 nitrogen and oxygen atoms in total. The molecule has 1 amide bonds. The summed E-state index contributed by atoms with van der Waals surface area (Å²) in [7, 11) is 2.86. The van der Waals surface area contributed by atoms with Crippen LogP contribution in [0.25, 0.3) is 0 Å². The zero-order valence-electron chi connectivity index (χ0n) is 21.0. The van der Waals surface area contributed by atoms with Crippen LogP contribution in [0.2, 0.25) is 0 Å². The number of ether oxygens (including phenoxy) is 4. The molecular formula is C26H31N3O6. The van der Waals surface area contributed by atoms with Crippen molar-refractivity contribution in [2.45, 2.75) is 52.4 Å². The lowest BCUT2D eigenvalue weighted by molar-refractivity contribution is 0.0990. The van der Waals surface area contributed by atoms with E-state index in [0.29, 0.717) is 12.4 Å². The number of fused-ring (bicyclic) bond motifs is 1. The van der Waals surface area contributed by atoms with Gasteiger partial charge in [0, 0.05) is 6.07 Å². The van der Waals surface area contributed by atoms with E-state index in [1.54, 1.807) is 6.07 Å². The van der Waals surface area contributed by atoms with Crippen LogP contribution >= 0.6 is 0 Å². The molecule has 0 atom stereocenters. The first-order valence-corrected chi connectivity index (χ1v) is 11.6. The SMILES string of the molecule is CCCOc1nc(OC)c(NC(=O)c2ccc(Oc3cc4c(cc3C)CCC4(C)C)o2)c(OC)n1. The van der Waals surface area contributed by atoms with Crippen molar-refractivity contribution < 1.29 is 28.2 Å². The van der Waals surface area contributed by atoms with Crippen molar-refractivity contribution in [2.75, 3.05) is 26.1 Å². The van der Waals surface area contributed by atoms with Gasteiger partial charge in [-0.3, -0.25) is 4.79 Å². The number of aromatic nitrogens is 2. The normalized spacial score (nSPS) is 13.8. The summed E-state index contributed by atoms with van der Waals surface area (Å²) in [5.74, 6) is 0.655. The van der Waals surface area contributed by atoms with Gasteiger partial charge in [0.05, 0.1) is 20.8 Å². The molecule has 0 saturated heterocycles. The Morgan fingerprint density at radius 2 is 1.86 bits per heavy atom. The van der Waals surface area contributed by atoms with Gasteiger partial charge in [-0.2, -0.15) is 9.97 Å². The number of anilines is 1. The number of furan rings is 1. The maximum Gasteiger partial charge on any atom is 0.323 e. The fourth-order valence-corrected chi connectivity index (χ4v) is 4.12. The highest BCUT2D eigenvalue weighted by molar-refractivity contribution is 6.03.